The van der Waals surface area contributed by atoms with Gasteiger partial charge in [-0.15, -0.1) is 0 Å². The van der Waals surface area contributed by atoms with E-state index in [1.165, 1.54) is 0 Å². The number of hydrogen-bond acceptors (Lipinski definition) is 14. The quantitative estimate of drug-likeness (QED) is 0.174. The molecule has 2 saturated heterocycles. The summed E-state index contributed by atoms with van der Waals surface area (Å²) in [7, 11) is 0. The van der Waals surface area contributed by atoms with Crippen LogP contribution in [0.3, 0.4) is 0 Å². The summed E-state index contributed by atoms with van der Waals surface area (Å²) < 4.78 is 22.7. The highest BCUT2D eigenvalue weighted by Crippen LogP contribution is 2.30. The van der Waals surface area contributed by atoms with Gasteiger partial charge in [-0.05, 0) is 12.8 Å². The molecule has 0 aromatic carbocycles. The van der Waals surface area contributed by atoms with Crippen molar-refractivity contribution in [2.24, 2.45) is 28.7 Å². The molecule has 1 saturated carbocycles. The predicted octanol–water partition coefficient (Wildman–Crippen LogP) is -6.30. The summed E-state index contributed by atoms with van der Waals surface area (Å²) >= 11 is 0. The van der Waals surface area contributed by atoms with E-state index >= 15 is 0 Å². The van der Waals surface area contributed by atoms with Gasteiger partial charge in [0, 0.05) is 18.6 Å². The minimum Gasteiger partial charge on any atom is -0.394 e. The lowest BCUT2D eigenvalue weighted by molar-refractivity contribution is -0.314. The molecule has 0 radical (unpaired) electrons. The first-order valence-corrected chi connectivity index (χ1v) is 10.8. The van der Waals surface area contributed by atoms with Crippen molar-refractivity contribution >= 4 is 0 Å². The zero-order valence-electron chi connectivity index (χ0n) is 17.7. The fourth-order valence-electron chi connectivity index (χ4n) is 4.43. The minimum atomic E-state index is -1.44. The Labute approximate surface area is 185 Å². The number of nitrogens with two attached hydrogens (primary N) is 5. The Morgan fingerprint density at radius 1 is 0.719 bits per heavy atom. The molecule has 14 heteroatoms. The van der Waals surface area contributed by atoms with E-state index < -0.39 is 92.2 Å². The van der Waals surface area contributed by atoms with Crippen LogP contribution >= 0.6 is 0 Å². The largest absolute Gasteiger partial charge is 0.394 e. The van der Waals surface area contributed by atoms with E-state index in [1.807, 2.05) is 0 Å². The highest BCUT2D eigenvalue weighted by molar-refractivity contribution is 5.01. The molecule has 0 amide bonds. The third-order valence-corrected chi connectivity index (χ3v) is 6.41. The molecule has 0 bridgehead atoms. The summed E-state index contributed by atoms with van der Waals surface area (Å²) in [6, 6.07) is -3.27. The monoisotopic (exact) mass is 467 g/mol. The first-order valence-electron chi connectivity index (χ1n) is 10.8. The molecule has 14 atom stereocenters. The van der Waals surface area contributed by atoms with Crippen LogP contribution in [0.1, 0.15) is 12.8 Å². The third-order valence-electron chi connectivity index (χ3n) is 6.41. The topological polar surface area (TPSA) is 268 Å². The van der Waals surface area contributed by atoms with Gasteiger partial charge in [-0.25, -0.2) is 0 Å². The molecule has 1 aliphatic carbocycles. The number of aliphatic hydroxyl groups is 5. The van der Waals surface area contributed by atoms with Crippen molar-refractivity contribution < 1.29 is 44.5 Å². The molecule has 3 rings (SSSR count). The Morgan fingerprint density at radius 2 is 1.28 bits per heavy atom. The molecule has 3 aliphatic rings. The molecule has 15 N–H and O–H groups in total. The zero-order chi connectivity index (χ0) is 23.7. The third kappa shape index (κ3) is 5.24. The van der Waals surface area contributed by atoms with Crippen LogP contribution in [0.25, 0.3) is 0 Å². The maximum atomic E-state index is 11.0. The second kappa shape index (κ2) is 10.8. The minimum absolute atomic E-state index is 0.0542. The summed E-state index contributed by atoms with van der Waals surface area (Å²) in [4.78, 5) is 0. The van der Waals surface area contributed by atoms with Gasteiger partial charge < -0.3 is 73.1 Å². The van der Waals surface area contributed by atoms with Crippen molar-refractivity contribution in [3.8, 4) is 0 Å². The molecule has 0 unspecified atom stereocenters. The summed E-state index contributed by atoms with van der Waals surface area (Å²) in [6.07, 6.45) is -10.8. The highest BCUT2D eigenvalue weighted by atomic mass is 16.7. The van der Waals surface area contributed by atoms with Gasteiger partial charge in [0.1, 0.15) is 36.6 Å². The Morgan fingerprint density at radius 3 is 1.84 bits per heavy atom. The van der Waals surface area contributed by atoms with Gasteiger partial charge in [0.25, 0.3) is 0 Å². The molecule has 3 fully saturated rings. The van der Waals surface area contributed by atoms with Crippen LogP contribution in [0.2, 0.25) is 0 Å². The summed E-state index contributed by atoms with van der Waals surface area (Å²) in [5.41, 5.74) is 29.8. The fraction of sp³-hybridized carbons (Fsp3) is 1.00. The van der Waals surface area contributed by atoms with Crippen LogP contribution < -0.4 is 28.7 Å². The molecule has 2 aliphatic heterocycles. The Hall–Kier alpha value is -0.560. The number of aliphatic hydroxyl groups excluding tert-OH is 5. The second-order valence-electron chi connectivity index (χ2n) is 8.78. The molecule has 0 aromatic heterocycles. The normalized spacial score (nSPS) is 52.7. The van der Waals surface area contributed by atoms with E-state index in [-0.39, 0.29) is 19.4 Å². The highest BCUT2D eigenvalue weighted by Gasteiger charge is 2.50. The Kier molecular flexibility index (Phi) is 8.79. The lowest BCUT2D eigenvalue weighted by Gasteiger charge is -2.47. The van der Waals surface area contributed by atoms with Gasteiger partial charge in [-0.2, -0.15) is 0 Å². The van der Waals surface area contributed by atoms with Crippen molar-refractivity contribution in [1.29, 1.82) is 0 Å². The maximum absolute atomic E-state index is 11.0. The number of hydrogen-bond donors (Lipinski definition) is 10. The first-order chi connectivity index (χ1) is 15.1. The Balaban J connectivity index is 1.70. The van der Waals surface area contributed by atoms with Gasteiger partial charge in [0.15, 0.2) is 12.6 Å². The van der Waals surface area contributed by atoms with Gasteiger partial charge >= 0.3 is 0 Å². The van der Waals surface area contributed by atoms with E-state index in [2.05, 4.69) is 0 Å². The molecular weight excluding hydrogens is 430 g/mol. The summed E-state index contributed by atoms with van der Waals surface area (Å²) in [5.74, 6) is 0. The van der Waals surface area contributed by atoms with E-state index in [4.69, 9.17) is 47.6 Å². The second-order valence-corrected chi connectivity index (χ2v) is 8.78. The first kappa shape index (κ1) is 26.1. The lowest BCUT2D eigenvalue weighted by Crippen LogP contribution is -2.68. The molecule has 188 valence electrons. The van der Waals surface area contributed by atoms with E-state index in [1.54, 1.807) is 0 Å². The van der Waals surface area contributed by atoms with Crippen molar-refractivity contribution in [3.05, 3.63) is 0 Å². The van der Waals surface area contributed by atoms with Crippen molar-refractivity contribution in [2.45, 2.75) is 98.4 Å². The predicted molar refractivity (Wildman–Crippen MR) is 108 cm³/mol. The van der Waals surface area contributed by atoms with E-state index in [9.17, 15) is 25.5 Å². The van der Waals surface area contributed by atoms with Gasteiger partial charge in [0.05, 0.1) is 30.9 Å². The molecule has 14 nitrogen and oxygen atoms in total. The molecular formula is C18H37N5O9. The smallest absolute Gasteiger partial charge is 0.186 e. The van der Waals surface area contributed by atoms with Gasteiger partial charge in [-0.3, -0.25) is 0 Å². The van der Waals surface area contributed by atoms with Crippen molar-refractivity contribution in [2.75, 3.05) is 13.2 Å². The van der Waals surface area contributed by atoms with Crippen molar-refractivity contribution in [1.82, 2.24) is 0 Å². The van der Waals surface area contributed by atoms with E-state index in [0.717, 1.165) is 0 Å². The Bertz CT molecular complexity index is 607. The fourth-order valence-corrected chi connectivity index (χ4v) is 4.43. The average Bonchev–Trinajstić information content (AvgIpc) is 2.75. The van der Waals surface area contributed by atoms with Crippen LogP contribution in [-0.4, -0.2) is 124 Å². The zero-order valence-corrected chi connectivity index (χ0v) is 17.7. The standard InChI is InChI=1S/C18H37N5O9/c19-3-9-8(25)2-7(22)17(29-9)31-15-5(20)1-6(21)16(14(15)28)32-18-13(27)11(23)12(26)10(4-24)30-18/h5-18,24-28H,1-4,19-23H2/t5-,6+,7-,8-,9+,10-,11+,12+,13-,14+,15+,16+,17+,18-/m0/s1. The van der Waals surface area contributed by atoms with Gasteiger partial charge in [-0.1, -0.05) is 0 Å². The number of ether oxygens (including phenoxy) is 4. The van der Waals surface area contributed by atoms with Gasteiger partial charge in [0.2, 0.25) is 0 Å². The average molecular weight is 468 g/mol. The molecule has 2 heterocycles. The van der Waals surface area contributed by atoms with Crippen LogP contribution in [0.15, 0.2) is 0 Å². The van der Waals surface area contributed by atoms with Crippen LogP contribution in [-0.2, 0) is 18.9 Å². The SMILES string of the molecule is NC[C@H]1O[C@H](O[C@H]2[C@@H](O)[C@H](O[C@@H]3O[C@@H](CO)[C@@H](O)[C@@H](N)[C@@H]3O)[C@H](N)C[C@@H]2N)[C@@H](N)C[C@@H]1O. The molecule has 0 spiro atoms. The van der Waals surface area contributed by atoms with Crippen molar-refractivity contribution in [3.63, 3.8) is 0 Å². The van der Waals surface area contributed by atoms with E-state index in [0.29, 0.717) is 0 Å². The number of rotatable bonds is 6. The molecule has 32 heavy (non-hydrogen) atoms. The van der Waals surface area contributed by atoms with Crippen LogP contribution in [0.5, 0.6) is 0 Å². The van der Waals surface area contributed by atoms with Crippen LogP contribution in [0, 0.1) is 0 Å². The van der Waals surface area contributed by atoms with Crippen LogP contribution in [0.4, 0.5) is 0 Å². The summed E-state index contributed by atoms with van der Waals surface area (Å²) in [5, 5.41) is 50.7. The summed E-state index contributed by atoms with van der Waals surface area (Å²) in [6.45, 7) is -0.499. The maximum Gasteiger partial charge on any atom is 0.186 e. The molecule has 0 aromatic rings. The lowest BCUT2D eigenvalue weighted by atomic mass is 9.84.